The van der Waals surface area contributed by atoms with Crippen molar-refractivity contribution in [2.24, 2.45) is 5.92 Å². The molecular weight excluding hydrogens is 328 g/mol. The summed E-state index contributed by atoms with van der Waals surface area (Å²) in [5.74, 6) is 1.04. The van der Waals surface area contributed by atoms with Gasteiger partial charge in [0.2, 0.25) is 0 Å². The molecule has 0 N–H and O–H groups in total. The fourth-order valence-corrected chi connectivity index (χ4v) is 4.25. The van der Waals surface area contributed by atoms with E-state index in [0.29, 0.717) is 17.4 Å². The van der Waals surface area contributed by atoms with E-state index in [9.17, 15) is 4.79 Å². The van der Waals surface area contributed by atoms with Gasteiger partial charge in [0.15, 0.2) is 0 Å². The summed E-state index contributed by atoms with van der Waals surface area (Å²) in [5.41, 5.74) is 2.49. The van der Waals surface area contributed by atoms with Gasteiger partial charge >= 0.3 is 0 Å². The normalized spacial score (nSPS) is 21.3. The first-order valence-corrected chi connectivity index (χ1v) is 9.66. The minimum absolute atomic E-state index is 0.0398. The van der Waals surface area contributed by atoms with Gasteiger partial charge in [-0.15, -0.1) is 5.10 Å². The van der Waals surface area contributed by atoms with Crippen molar-refractivity contribution in [3.05, 3.63) is 35.7 Å². The van der Waals surface area contributed by atoms with Gasteiger partial charge in [0.25, 0.3) is 5.91 Å². The first kappa shape index (κ1) is 17.1. The molecule has 2 aromatic rings. The second-order valence-corrected chi connectivity index (χ2v) is 7.63. The molecule has 7 nitrogen and oxygen atoms in total. The molecular formula is C19H26N6O. The van der Waals surface area contributed by atoms with Crippen molar-refractivity contribution in [2.45, 2.75) is 57.9 Å². The second kappa shape index (κ2) is 7.51. The fraction of sp³-hybridized carbons (Fsp3) is 0.632. The van der Waals surface area contributed by atoms with Crippen molar-refractivity contribution in [3.8, 4) is 0 Å². The molecule has 0 bridgehead atoms. The Morgan fingerprint density at radius 2 is 2.08 bits per heavy atom. The number of carbonyl (C=O) groups is 1. The van der Waals surface area contributed by atoms with Gasteiger partial charge in [0.1, 0.15) is 6.33 Å². The van der Waals surface area contributed by atoms with Gasteiger partial charge < -0.3 is 4.90 Å². The molecule has 1 unspecified atom stereocenters. The van der Waals surface area contributed by atoms with Crippen molar-refractivity contribution < 1.29 is 4.79 Å². The molecule has 1 atom stereocenters. The Balaban J connectivity index is 1.39. The monoisotopic (exact) mass is 354 g/mol. The van der Waals surface area contributed by atoms with E-state index in [4.69, 9.17) is 0 Å². The first-order valence-electron chi connectivity index (χ1n) is 9.66. The topological polar surface area (TPSA) is 76.8 Å². The molecule has 1 amide bonds. The first-order chi connectivity index (χ1) is 12.7. The summed E-state index contributed by atoms with van der Waals surface area (Å²) in [6.45, 7) is 4.24. The van der Waals surface area contributed by atoms with Gasteiger partial charge in [0.05, 0.1) is 17.0 Å². The van der Waals surface area contributed by atoms with E-state index in [0.717, 1.165) is 43.9 Å². The minimum atomic E-state index is 0.0398. The van der Waals surface area contributed by atoms with E-state index in [1.807, 2.05) is 16.5 Å². The van der Waals surface area contributed by atoms with E-state index in [2.05, 4.69) is 26.5 Å². The van der Waals surface area contributed by atoms with Crippen LogP contribution in [0.15, 0.2) is 18.7 Å². The molecule has 1 saturated heterocycles. The predicted octanol–water partition coefficient (Wildman–Crippen LogP) is 2.59. The van der Waals surface area contributed by atoms with Crippen LogP contribution >= 0.6 is 0 Å². The van der Waals surface area contributed by atoms with Crippen LogP contribution in [0.4, 0.5) is 0 Å². The highest BCUT2D eigenvalue weighted by Gasteiger charge is 2.27. The number of aryl methyl sites for hydroxylation is 1. The lowest BCUT2D eigenvalue weighted by Crippen LogP contribution is -2.41. The molecule has 138 valence electrons. The SMILES string of the molecule is Cc1ncncc1C(=O)N1CCCC(Cn2cc(C3CCCC3)nn2)C1. The maximum absolute atomic E-state index is 12.8. The number of likely N-dealkylation sites (tertiary alicyclic amines) is 1. The Bertz CT molecular complexity index is 767. The summed E-state index contributed by atoms with van der Waals surface area (Å²) in [6.07, 6.45) is 12.5. The summed E-state index contributed by atoms with van der Waals surface area (Å²) in [7, 11) is 0. The maximum Gasteiger partial charge on any atom is 0.257 e. The van der Waals surface area contributed by atoms with E-state index < -0.39 is 0 Å². The molecule has 0 spiro atoms. The lowest BCUT2D eigenvalue weighted by atomic mass is 9.97. The molecule has 1 saturated carbocycles. The highest BCUT2D eigenvalue weighted by molar-refractivity contribution is 5.94. The number of piperidine rings is 1. The molecule has 2 fully saturated rings. The molecule has 26 heavy (non-hydrogen) atoms. The largest absolute Gasteiger partial charge is 0.338 e. The zero-order valence-electron chi connectivity index (χ0n) is 15.3. The fourth-order valence-electron chi connectivity index (χ4n) is 4.25. The Kier molecular flexibility index (Phi) is 4.95. The van der Waals surface area contributed by atoms with Crippen molar-refractivity contribution in [1.29, 1.82) is 0 Å². The van der Waals surface area contributed by atoms with Crippen LogP contribution in [0.1, 0.15) is 66.2 Å². The highest BCUT2D eigenvalue weighted by atomic mass is 16.2. The van der Waals surface area contributed by atoms with Crippen LogP contribution < -0.4 is 0 Å². The van der Waals surface area contributed by atoms with Gasteiger partial charge in [0, 0.05) is 37.9 Å². The van der Waals surface area contributed by atoms with Crippen LogP contribution in [0.25, 0.3) is 0 Å². The maximum atomic E-state index is 12.8. The Hall–Kier alpha value is -2.31. The Labute approximate surface area is 153 Å². The number of carbonyl (C=O) groups excluding carboxylic acids is 1. The van der Waals surface area contributed by atoms with Gasteiger partial charge in [-0.1, -0.05) is 18.1 Å². The standard InChI is InChI=1S/C19H26N6O/c1-14-17(9-20-13-21-14)19(26)24-8-4-5-15(10-24)11-25-12-18(22-23-25)16-6-2-3-7-16/h9,12-13,15-16H,2-8,10-11H2,1H3. The summed E-state index contributed by atoms with van der Waals surface area (Å²) in [4.78, 5) is 22.9. The molecule has 1 aliphatic heterocycles. The number of hydrogen-bond donors (Lipinski definition) is 0. The summed E-state index contributed by atoms with van der Waals surface area (Å²) >= 11 is 0. The average Bonchev–Trinajstić information content (AvgIpc) is 3.33. The van der Waals surface area contributed by atoms with Crippen LogP contribution in [0.5, 0.6) is 0 Å². The molecule has 3 heterocycles. The highest BCUT2D eigenvalue weighted by Crippen LogP contribution is 2.32. The number of aromatic nitrogens is 5. The van der Waals surface area contributed by atoms with Crippen LogP contribution in [-0.4, -0.2) is 48.9 Å². The third-order valence-corrected chi connectivity index (χ3v) is 5.72. The predicted molar refractivity (Wildman–Crippen MR) is 96.6 cm³/mol. The molecule has 2 aliphatic rings. The molecule has 4 rings (SSSR count). The lowest BCUT2D eigenvalue weighted by Gasteiger charge is -2.32. The molecule has 2 aromatic heterocycles. The third-order valence-electron chi connectivity index (χ3n) is 5.72. The third kappa shape index (κ3) is 3.61. The number of hydrogen-bond acceptors (Lipinski definition) is 5. The smallest absolute Gasteiger partial charge is 0.257 e. The quantitative estimate of drug-likeness (QED) is 0.843. The van der Waals surface area contributed by atoms with Crippen LogP contribution in [0, 0.1) is 12.8 Å². The van der Waals surface area contributed by atoms with Gasteiger partial charge in [-0.3, -0.25) is 9.48 Å². The summed E-state index contributed by atoms with van der Waals surface area (Å²) < 4.78 is 1.98. The summed E-state index contributed by atoms with van der Waals surface area (Å²) in [6, 6.07) is 0. The van der Waals surface area contributed by atoms with E-state index in [1.54, 1.807) is 6.20 Å². The molecule has 1 aliphatic carbocycles. The van der Waals surface area contributed by atoms with Gasteiger partial charge in [-0.05, 0) is 38.5 Å². The zero-order chi connectivity index (χ0) is 17.9. The lowest BCUT2D eigenvalue weighted by molar-refractivity contribution is 0.0657. The minimum Gasteiger partial charge on any atom is -0.338 e. The number of amides is 1. The van der Waals surface area contributed by atoms with E-state index in [1.165, 1.54) is 32.0 Å². The molecule has 0 radical (unpaired) electrons. The van der Waals surface area contributed by atoms with Crippen LogP contribution in [-0.2, 0) is 6.54 Å². The van der Waals surface area contributed by atoms with Gasteiger partial charge in [-0.25, -0.2) is 9.97 Å². The number of rotatable bonds is 4. The number of nitrogens with zero attached hydrogens (tertiary/aromatic N) is 6. The van der Waals surface area contributed by atoms with Crippen LogP contribution in [0.2, 0.25) is 0 Å². The molecule has 7 heteroatoms. The summed E-state index contributed by atoms with van der Waals surface area (Å²) in [5, 5.41) is 8.73. The Morgan fingerprint density at radius 3 is 2.88 bits per heavy atom. The second-order valence-electron chi connectivity index (χ2n) is 7.63. The average molecular weight is 354 g/mol. The van der Waals surface area contributed by atoms with Crippen molar-refractivity contribution in [1.82, 2.24) is 29.9 Å². The van der Waals surface area contributed by atoms with Crippen molar-refractivity contribution in [2.75, 3.05) is 13.1 Å². The van der Waals surface area contributed by atoms with Crippen LogP contribution in [0.3, 0.4) is 0 Å². The van der Waals surface area contributed by atoms with Crippen molar-refractivity contribution in [3.63, 3.8) is 0 Å². The van der Waals surface area contributed by atoms with E-state index in [-0.39, 0.29) is 5.91 Å². The Morgan fingerprint density at radius 1 is 1.23 bits per heavy atom. The van der Waals surface area contributed by atoms with E-state index >= 15 is 0 Å². The molecule has 0 aromatic carbocycles. The zero-order valence-corrected chi connectivity index (χ0v) is 15.3. The van der Waals surface area contributed by atoms with Gasteiger partial charge in [-0.2, -0.15) is 0 Å². The van der Waals surface area contributed by atoms with Crippen molar-refractivity contribution >= 4 is 5.91 Å².